The van der Waals surface area contributed by atoms with E-state index in [1.165, 1.54) is 0 Å². The summed E-state index contributed by atoms with van der Waals surface area (Å²) in [5.41, 5.74) is 16.5. The molecule has 2 aromatic carbocycles. The van der Waals surface area contributed by atoms with Crippen LogP contribution >= 0.6 is 0 Å². The highest BCUT2D eigenvalue weighted by Gasteiger charge is 2.06. The molecule has 0 amide bonds. The maximum Gasteiger partial charge on any atom is 0.115 e. The van der Waals surface area contributed by atoms with Crippen molar-refractivity contribution in [3.63, 3.8) is 0 Å². The molecule has 0 spiro atoms. The zero-order valence-corrected chi connectivity index (χ0v) is 9.96. The Bertz CT molecular complexity index is 673. The lowest BCUT2D eigenvalue weighted by atomic mass is 10.2. The molecule has 0 aliphatic heterocycles. The van der Waals surface area contributed by atoms with Gasteiger partial charge in [0.15, 0.2) is 0 Å². The number of fused-ring (bicyclic) bond motifs is 1. The van der Waals surface area contributed by atoms with E-state index in [-0.39, 0.29) is 0 Å². The van der Waals surface area contributed by atoms with E-state index in [0.717, 1.165) is 33.7 Å². The minimum Gasteiger partial charge on any atom is -0.399 e. The van der Waals surface area contributed by atoms with Crippen LogP contribution < -0.4 is 11.5 Å². The van der Waals surface area contributed by atoms with Crippen LogP contribution in [0.25, 0.3) is 16.7 Å². The molecule has 0 bridgehead atoms. The van der Waals surface area contributed by atoms with Gasteiger partial charge in [0.05, 0.1) is 5.69 Å². The fourth-order valence-electron chi connectivity index (χ4n) is 1.81. The minimum atomic E-state index is 0.718. The van der Waals surface area contributed by atoms with Gasteiger partial charge < -0.3 is 11.5 Å². The van der Waals surface area contributed by atoms with Gasteiger partial charge in [0.2, 0.25) is 0 Å². The van der Waals surface area contributed by atoms with E-state index in [2.05, 4.69) is 10.2 Å². The summed E-state index contributed by atoms with van der Waals surface area (Å²) in [5.74, 6) is 0. The number of nitrogens with two attached hydrogens (primary N) is 2. The summed E-state index contributed by atoms with van der Waals surface area (Å²) < 4.78 is 0. The van der Waals surface area contributed by atoms with Gasteiger partial charge in [0, 0.05) is 11.4 Å². The van der Waals surface area contributed by atoms with Crippen molar-refractivity contribution in [1.82, 2.24) is 15.0 Å². The number of anilines is 2. The van der Waals surface area contributed by atoms with Crippen molar-refractivity contribution in [1.29, 1.82) is 0 Å². The zero-order valence-electron chi connectivity index (χ0n) is 9.96. The Morgan fingerprint density at radius 2 is 1.56 bits per heavy atom. The number of aromatic nitrogens is 3. The Labute approximate surface area is 104 Å². The normalized spacial score (nSPS) is 10.9. The van der Waals surface area contributed by atoms with Crippen molar-refractivity contribution in [2.75, 3.05) is 11.5 Å². The van der Waals surface area contributed by atoms with Crippen LogP contribution in [-0.4, -0.2) is 15.0 Å². The van der Waals surface area contributed by atoms with E-state index in [1.54, 1.807) is 4.80 Å². The molecule has 0 unspecified atom stereocenters. The molecule has 4 N–H and O–H groups in total. The molecular weight excluding hydrogens is 226 g/mol. The molecule has 3 aromatic rings. The first-order valence-electron chi connectivity index (χ1n) is 5.62. The van der Waals surface area contributed by atoms with Crippen molar-refractivity contribution in [3.05, 3.63) is 42.0 Å². The first-order valence-corrected chi connectivity index (χ1v) is 5.62. The average Bonchev–Trinajstić information content (AvgIpc) is 2.73. The summed E-state index contributed by atoms with van der Waals surface area (Å²) in [6, 6.07) is 11.2. The molecule has 3 rings (SSSR count). The first-order chi connectivity index (χ1) is 8.63. The standard InChI is InChI=1S/C13H13N5/c1-8-6-12-13(7-11(8)15)17-18(16-12)10-4-2-9(14)3-5-10/h2-7H,14-15H2,1H3. The molecule has 1 heterocycles. The summed E-state index contributed by atoms with van der Waals surface area (Å²) in [4.78, 5) is 1.59. The van der Waals surface area contributed by atoms with Crippen molar-refractivity contribution < 1.29 is 0 Å². The molecule has 5 heteroatoms. The van der Waals surface area contributed by atoms with Gasteiger partial charge in [-0.25, -0.2) is 0 Å². The lowest BCUT2D eigenvalue weighted by Crippen LogP contribution is -1.98. The van der Waals surface area contributed by atoms with Crippen LogP contribution in [0.4, 0.5) is 11.4 Å². The van der Waals surface area contributed by atoms with Gasteiger partial charge in [0.25, 0.3) is 0 Å². The van der Waals surface area contributed by atoms with Crippen LogP contribution in [0.5, 0.6) is 0 Å². The van der Waals surface area contributed by atoms with Crippen LogP contribution in [0.1, 0.15) is 5.56 Å². The van der Waals surface area contributed by atoms with Crippen LogP contribution in [0, 0.1) is 6.92 Å². The molecular formula is C13H13N5. The number of benzene rings is 2. The lowest BCUT2D eigenvalue weighted by molar-refractivity contribution is 0.766. The molecule has 0 saturated carbocycles. The third-order valence-electron chi connectivity index (χ3n) is 2.89. The minimum absolute atomic E-state index is 0.718. The maximum atomic E-state index is 5.86. The van der Waals surface area contributed by atoms with Gasteiger partial charge in [-0.1, -0.05) is 0 Å². The first kappa shape index (κ1) is 10.6. The van der Waals surface area contributed by atoms with Crippen LogP contribution in [0.15, 0.2) is 36.4 Å². The van der Waals surface area contributed by atoms with E-state index < -0.39 is 0 Å². The zero-order chi connectivity index (χ0) is 12.7. The van der Waals surface area contributed by atoms with Crippen molar-refractivity contribution in [2.45, 2.75) is 6.92 Å². The number of aryl methyl sites for hydroxylation is 1. The van der Waals surface area contributed by atoms with E-state index in [9.17, 15) is 0 Å². The third kappa shape index (κ3) is 1.66. The number of hydrogen-bond acceptors (Lipinski definition) is 4. The topological polar surface area (TPSA) is 82.8 Å². The summed E-state index contributed by atoms with van der Waals surface area (Å²) in [6.07, 6.45) is 0. The molecule has 0 atom stereocenters. The van der Waals surface area contributed by atoms with Crippen LogP contribution in [0.3, 0.4) is 0 Å². The van der Waals surface area contributed by atoms with E-state index in [4.69, 9.17) is 11.5 Å². The molecule has 0 aliphatic carbocycles. The Morgan fingerprint density at radius 3 is 2.22 bits per heavy atom. The monoisotopic (exact) mass is 239 g/mol. The fourth-order valence-corrected chi connectivity index (χ4v) is 1.81. The quantitative estimate of drug-likeness (QED) is 0.635. The predicted molar refractivity (Wildman–Crippen MR) is 72.4 cm³/mol. The second-order valence-electron chi connectivity index (χ2n) is 4.28. The average molecular weight is 239 g/mol. The Balaban J connectivity index is 2.16. The highest BCUT2D eigenvalue weighted by Crippen LogP contribution is 2.19. The Morgan fingerprint density at radius 1 is 0.944 bits per heavy atom. The maximum absolute atomic E-state index is 5.86. The Hall–Kier alpha value is -2.56. The van der Waals surface area contributed by atoms with Gasteiger partial charge in [0.1, 0.15) is 11.0 Å². The van der Waals surface area contributed by atoms with E-state index >= 15 is 0 Å². The lowest BCUT2D eigenvalue weighted by Gasteiger charge is -1.98. The summed E-state index contributed by atoms with van der Waals surface area (Å²) in [5, 5.41) is 8.82. The van der Waals surface area contributed by atoms with Gasteiger partial charge in [-0.3, -0.25) is 0 Å². The molecule has 1 aromatic heterocycles. The number of nitrogen functional groups attached to an aromatic ring is 2. The number of rotatable bonds is 1. The third-order valence-corrected chi connectivity index (χ3v) is 2.89. The van der Waals surface area contributed by atoms with Gasteiger partial charge in [-0.15, -0.1) is 10.2 Å². The summed E-state index contributed by atoms with van der Waals surface area (Å²) in [6.45, 7) is 1.96. The second-order valence-corrected chi connectivity index (χ2v) is 4.28. The van der Waals surface area contributed by atoms with Crippen molar-refractivity contribution in [3.8, 4) is 5.69 Å². The van der Waals surface area contributed by atoms with Gasteiger partial charge in [-0.05, 0) is 48.9 Å². The Kier molecular flexibility index (Phi) is 2.19. The molecule has 18 heavy (non-hydrogen) atoms. The smallest absolute Gasteiger partial charge is 0.115 e. The number of hydrogen-bond donors (Lipinski definition) is 2. The van der Waals surface area contributed by atoms with E-state index in [1.807, 2.05) is 43.3 Å². The SMILES string of the molecule is Cc1cc2nn(-c3ccc(N)cc3)nc2cc1N. The summed E-state index contributed by atoms with van der Waals surface area (Å²) >= 11 is 0. The largest absolute Gasteiger partial charge is 0.399 e. The highest BCUT2D eigenvalue weighted by molar-refractivity contribution is 5.79. The molecule has 0 radical (unpaired) electrons. The molecule has 5 nitrogen and oxygen atoms in total. The van der Waals surface area contributed by atoms with E-state index in [0.29, 0.717) is 0 Å². The molecule has 0 saturated heterocycles. The van der Waals surface area contributed by atoms with Gasteiger partial charge >= 0.3 is 0 Å². The highest BCUT2D eigenvalue weighted by atomic mass is 15.5. The summed E-state index contributed by atoms with van der Waals surface area (Å²) in [7, 11) is 0. The van der Waals surface area contributed by atoms with Crippen molar-refractivity contribution in [2.24, 2.45) is 0 Å². The fraction of sp³-hybridized carbons (Fsp3) is 0.0769. The van der Waals surface area contributed by atoms with Crippen LogP contribution in [-0.2, 0) is 0 Å². The number of nitrogens with zero attached hydrogens (tertiary/aromatic N) is 3. The predicted octanol–water partition coefficient (Wildman–Crippen LogP) is 1.89. The second kappa shape index (κ2) is 3.73. The van der Waals surface area contributed by atoms with Gasteiger partial charge in [-0.2, -0.15) is 4.80 Å². The molecule has 90 valence electrons. The van der Waals surface area contributed by atoms with Crippen molar-refractivity contribution >= 4 is 22.4 Å². The molecule has 0 aliphatic rings. The molecule has 0 fully saturated rings. The van der Waals surface area contributed by atoms with Crippen LogP contribution in [0.2, 0.25) is 0 Å².